The Bertz CT molecular complexity index is 1600. The number of nitrogens with zero attached hydrogens (tertiary/aromatic N) is 3. The summed E-state index contributed by atoms with van der Waals surface area (Å²) in [4.78, 5) is 42.7. The Hall–Kier alpha value is -5.31. The number of rotatable bonds is 8. The maximum atomic E-state index is 13.3. The highest BCUT2D eigenvalue weighted by Gasteiger charge is 2.46. The molecule has 1 aromatic heterocycles. The molecule has 0 aliphatic carbocycles. The number of pyridine rings is 1. The zero-order chi connectivity index (χ0) is 28.2. The van der Waals surface area contributed by atoms with Gasteiger partial charge in [0.15, 0.2) is 0 Å². The largest absolute Gasteiger partial charge is 0.507 e. The van der Waals surface area contributed by atoms with Crippen molar-refractivity contribution < 1.29 is 24.4 Å². The first-order valence-corrected chi connectivity index (χ1v) is 12.5. The van der Waals surface area contributed by atoms with E-state index in [1.807, 2.05) is 37.3 Å². The maximum Gasteiger partial charge on any atom is 0.295 e. The molecule has 0 spiro atoms. The zero-order valence-electron chi connectivity index (χ0n) is 21.6. The smallest absolute Gasteiger partial charge is 0.295 e. The summed E-state index contributed by atoms with van der Waals surface area (Å²) in [6.45, 7) is 2.25. The third kappa shape index (κ3) is 5.30. The van der Waals surface area contributed by atoms with Gasteiger partial charge in [0.05, 0.1) is 16.5 Å². The molecule has 1 saturated heterocycles. The van der Waals surface area contributed by atoms with Crippen molar-refractivity contribution in [1.82, 2.24) is 9.88 Å². The molecular formula is C31H25N3O6. The first kappa shape index (κ1) is 26.3. The van der Waals surface area contributed by atoms with Gasteiger partial charge < -0.3 is 14.7 Å². The summed E-state index contributed by atoms with van der Waals surface area (Å²) >= 11 is 0. The lowest BCUT2D eigenvalue weighted by atomic mass is 9.94. The molecule has 1 amide bonds. The number of nitro benzene ring substituents is 1. The molecule has 1 atom stereocenters. The van der Waals surface area contributed by atoms with E-state index in [-0.39, 0.29) is 23.6 Å². The van der Waals surface area contributed by atoms with E-state index in [4.69, 9.17) is 4.74 Å². The Morgan fingerprint density at radius 2 is 1.73 bits per heavy atom. The van der Waals surface area contributed by atoms with Crippen LogP contribution in [-0.2, 0) is 22.7 Å². The molecule has 1 fully saturated rings. The molecule has 200 valence electrons. The van der Waals surface area contributed by atoms with E-state index < -0.39 is 22.7 Å². The van der Waals surface area contributed by atoms with Gasteiger partial charge in [0.25, 0.3) is 17.4 Å². The van der Waals surface area contributed by atoms with Gasteiger partial charge in [0, 0.05) is 36.6 Å². The number of carbonyl (C=O) groups is 2. The maximum absolute atomic E-state index is 13.3. The molecule has 0 saturated carbocycles. The van der Waals surface area contributed by atoms with E-state index >= 15 is 0 Å². The van der Waals surface area contributed by atoms with Gasteiger partial charge in [-0.3, -0.25) is 24.7 Å². The quantitative estimate of drug-likeness (QED) is 0.104. The molecule has 5 rings (SSSR count). The lowest BCUT2D eigenvalue weighted by molar-refractivity contribution is -0.384. The van der Waals surface area contributed by atoms with Crippen LogP contribution in [0.4, 0.5) is 5.69 Å². The molecule has 1 aliphatic heterocycles. The van der Waals surface area contributed by atoms with Gasteiger partial charge in [-0.2, -0.15) is 0 Å². The van der Waals surface area contributed by atoms with Crippen LogP contribution in [0.2, 0.25) is 0 Å². The van der Waals surface area contributed by atoms with Crippen molar-refractivity contribution in [2.24, 2.45) is 0 Å². The number of hydrogen-bond acceptors (Lipinski definition) is 7. The van der Waals surface area contributed by atoms with Crippen LogP contribution >= 0.6 is 0 Å². The normalized spacial score (nSPS) is 16.2. The minimum Gasteiger partial charge on any atom is -0.507 e. The number of benzene rings is 3. The summed E-state index contributed by atoms with van der Waals surface area (Å²) in [6.07, 6.45) is 3.19. The molecule has 0 bridgehead atoms. The number of aliphatic hydroxyl groups is 1. The van der Waals surface area contributed by atoms with Gasteiger partial charge in [-0.1, -0.05) is 36.4 Å². The van der Waals surface area contributed by atoms with Crippen molar-refractivity contribution in [1.29, 1.82) is 0 Å². The lowest BCUT2D eigenvalue weighted by Crippen LogP contribution is -2.29. The molecule has 0 radical (unpaired) electrons. The fourth-order valence-electron chi connectivity index (χ4n) is 4.71. The van der Waals surface area contributed by atoms with Gasteiger partial charge in [0.2, 0.25) is 0 Å². The molecule has 1 aliphatic rings. The average Bonchev–Trinajstić information content (AvgIpc) is 3.22. The molecule has 2 heterocycles. The highest BCUT2D eigenvalue weighted by Crippen LogP contribution is 2.41. The number of ketones is 1. The van der Waals surface area contributed by atoms with E-state index in [1.165, 1.54) is 29.2 Å². The second-order valence-electron chi connectivity index (χ2n) is 9.39. The van der Waals surface area contributed by atoms with Crippen molar-refractivity contribution in [2.75, 3.05) is 0 Å². The van der Waals surface area contributed by atoms with E-state index in [9.17, 15) is 24.8 Å². The number of ether oxygens (including phenoxy) is 1. The van der Waals surface area contributed by atoms with Crippen LogP contribution in [0.5, 0.6) is 5.75 Å². The van der Waals surface area contributed by atoms with Gasteiger partial charge in [-0.15, -0.1) is 0 Å². The van der Waals surface area contributed by atoms with Crippen molar-refractivity contribution in [3.63, 3.8) is 0 Å². The number of aromatic nitrogens is 1. The number of likely N-dealkylation sites (tertiary alicyclic amines) is 1. The molecule has 9 heteroatoms. The Labute approximate surface area is 230 Å². The number of carbonyl (C=O) groups excluding carboxylic acids is 2. The highest BCUT2D eigenvalue weighted by molar-refractivity contribution is 6.46. The van der Waals surface area contributed by atoms with Crippen molar-refractivity contribution in [3.8, 4) is 5.75 Å². The van der Waals surface area contributed by atoms with Gasteiger partial charge in [-0.05, 0) is 65.6 Å². The monoisotopic (exact) mass is 535 g/mol. The molecule has 1 N–H and O–H groups in total. The number of nitro groups is 1. The topological polar surface area (TPSA) is 123 Å². The van der Waals surface area contributed by atoms with Gasteiger partial charge >= 0.3 is 0 Å². The molecule has 9 nitrogen and oxygen atoms in total. The third-order valence-corrected chi connectivity index (χ3v) is 6.72. The van der Waals surface area contributed by atoms with E-state index in [0.29, 0.717) is 29.0 Å². The van der Waals surface area contributed by atoms with E-state index in [0.717, 1.165) is 11.1 Å². The Kier molecular flexibility index (Phi) is 7.37. The number of aryl methyl sites for hydroxylation is 1. The molecule has 4 aromatic rings. The summed E-state index contributed by atoms with van der Waals surface area (Å²) in [5.74, 6) is -1.35. The molecule has 0 unspecified atom stereocenters. The lowest BCUT2D eigenvalue weighted by Gasteiger charge is -2.25. The van der Waals surface area contributed by atoms with Crippen molar-refractivity contribution in [2.45, 2.75) is 26.1 Å². The number of aliphatic hydroxyl groups excluding tert-OH is 1. The number of hydrogen-bond donors (Lipinski definition) is 1. The number of non-ortho nitro benzene ring substituents is 1. The highest BCUT2D eigenvalue weighted by atomic mass is 16.6. The second kappa shape index (κ2) is 11.2. The van der Waals surface area contributed by atoms with Crippen LogP contribution in [0.15, 0.2) is 103 Å². The summed E-state index contributed by atoms with van der Waals surface area (Å²) in [5.41, 5.74) is 2.99. The number of amides is 1. The predicted octanol–water partition coefficient (Wildman–Crippen LogP) is 5.50. The minimum atomic E-state index is -0.963. The van der Waals surface area contributed by atoms with Crippen LogP contribution in [-0.4, -0.2) is 31.6 Å². The summed E-state index contributed by atoms with van der Waals surface area (Å²) in [5, 5.41) is 22.6. The van der Waals surface area contributed by atoms with Crippen molar-refractivity contribution >= 4 is 23.1 Å². The van der Waals surface area contributed by atoms with Crippen LogP contribution in [0, 0.1) is 17.0 Å². The fraction of sp³-hybridized carbons (Fsp3) is 0.129. The summed E-state index contributed by atoms with van der Waals surface area (Å²) in [6, 6.07) is 22.9. The summed E-state index contributed by atoms with van der Waals surface area (Å²) < 4.78 is 5.94. The Balaban J connectivity index is 1.53. The minimum absolute atomic E-state index is 0.0577. The van der Waals surface area contributed by atoms with Crippen LogP contribution < -0.4 is 4.74 Å². The van der Waals surface area contributed by atoms with E-state index in [2.05, 4.69) is 4.98 Å². The van der Waals surface area contributed by atoms with Crippen LogP contribution in [0.25, 0.3) is 5.76 Å². The Morgan fingerprint density at radius 3 is 2.38 bits per heavy atom. The second-order valence-corrected chi connectivity index (χ2v) is 9.39. The summed E-state index contributed by atoms with van der Waals surface area (Å²) in [7, 11) is 0. The zero-order valence-corrected chi connectivity index (χ0v) is 21.6. The Morgan fingerprint density at radius 1 is 1.00 bits per heavy atom. The fourth-order valence-corrected chi connectivity index (χ4v) is 4.71. The van der Waals surface area contributed by atoms with E-state index in [1.54, 1.807) is 42.7 Å². The van der Waals surface area contributed by atoms with Crippen LogP contribution in [0.1, 0.15) is 33.9 Å². The molecular weight excluding hydrogens is 510 g/mol. The third-order valence-electron chi connectivity index (χ3n) is 6.72. The number of Topliss-reactive ketones (excluding diaryl/α,β-unsaturated/α-hetero) is 1. The molecule has 40 heavy (non-hydrogen) atoms. The predicted molar refractivity (Wildman–Crippen MR) is 147 cm³/mol. The van der Waals surface area contributed by atoms with Gasteiger partial charge in [-0.25, -0.2) is 0 Å². The molecule has 3 aromatic carbocycles. The first-order valence-electron chi connectivity index (χ1n) is 12.5. The average molecular weight is 536 g/mol. The SMILES string of the molecule is Cc1cc(/C(O)=C2\C(=O)C(=O)N(Cc3cccnc3)[C@@H]2c2ccc([N+](=O)[O-])cc2)ccc1OCc1ccccc1. The van der Waals surface area contributed by atoms with Gasteiger partial charge in [0.1, 0.15) is 18.1 Å². The van der Waals surface area contributed by atoms with Crippen molar-refractivity contribution in [3.05, 3.63) is 141 Å². The standard InChI is InChI=1S/C31H25N3O6/c1-20-16-24(11-14-26(20)40-19-21-6-3-2-4-7-21)29(35)27-28(23-9-12-25(13-10-23)34(38)39)33(31(37)30(27)36)18-22-8-5-15-32-17-22/h2-17,28,35H,18-19H2,1H3/b29-27+/t28-/m1/s1. The van der Waals surface area contributed by atoms with Crippen LogP contribution in [0.3, 0.4) is 0 Å². The first-order chi connectivity index (χ1) is 19.3.